The molecule has 8 heavy (non-hydrogen) atoms. The minimum Gasteiger partial charge on any atom is -0.274 e. The highest BCUT2D eigenvalue weighted by atomic mass is 32.3. The Hall–Kier alpha value is 0.556. The lowest BCUT2D eigenvalue weighted by molar-refractivity contribution is 0.381. The normalized spacial score (nSPS) is 8.00. The van der Waals surface area contributed by atoms with Crippen LogP contribution in [0.15, 0.2) is 0 Å². The van der Waals surface area contributed by atoms with Gasteiger partial charge in [0.05, 0.1) is 0 Å². The van der Waals surface area contributed by atoms with E-state index in [4.69, 9.17) is 17.5 Å². The van der Waals surface area contributed by atoms with Crippen LogP contribution in [0, 0.1) is 0 Å². The quantitative estimate of drug-likeness (QED) is 0.130. The molecule has 0 aliphatic heterocycles. The van der Waals surface area contributed by atoms with Gasteiger partial charge < -0.3 is 0 Å². The first-order valence-electron chi connectivity index (χ1n) is 1.03. The fraction of sp³-hybridized carbons (Fsp3) is 0. The van der Waals surface area contributed by atoms with Gasteiger partial charge in [-0.15, -0.1) is 0 Å². The second-order valence-electron chi connectivity index (χ2n) is 0.448. The topological polar surface area (TPSA) is 127 Å². The fourth-order valence-electron chi connectivity index (χ4n) is 0. The highest BCUT2D eigenvalue weighted by Crippen LogP contribution is 1.59. The molecule has 0 aliphatic carbocycles. The van der Waals surface area contributed by atoms with E-state index >= 15 is 0 Å². The molecule has 0 saturated carbocycles. The first-order chi connectivity index (χ1) is 3.00. The Balaban J connectivity index is -0.0000000750. The SMILES string of the molecule is NN.O=S(=O)(O)O.[MgH2]. The van der Waals surface area contributed by atoms with Crippen molar-refractivity contribution in [2.45, 2.75) is 0 Å². The molecule has 0 heterocycles. The predicted octanol–water partition coefficient (Wildman–Crippen LogP) is -2.75. The number of hydrazine groups is 1. The fourth-order valence-corrected chi connectivity index (χ4v) is 0. The van der Waals surface area contributed by atoms with E-state index in [-0.39, 0.29) is 23.1 Å². The molecule has 0 aromatic rings. The maximum Gasteiger partial charge on any atom is 0.394 e. The summed E-state index contributed by atoms with van der Waals surface area (Å²) in [5.74, 6) is 8.00. The minimum absolute atomic E-state index is 0. The molecular formula is H8MgN2O4S. The largest absolute Gasteiger partial charge is 0.394 e. The van der Waals surface area contributed by atoms with Gasteiger partial charge in [-0.05, 0) is 0 Å². The molecule has 0 atom stereocenters. The van der Waals surface area contributed by atoms with Gasteiger partial charge in [-0.3, -0.25) is 20.8 Å². The summed E-state index contributed by atoms with van der Waals surface area (Å²) in [6, 6.07) is 0. The van der Waals surface area contributed by atoms with Gasteiger partial charge in [-0.2, -0.15) is 8.42 Å². The van der Waals surface area contributed by atoms with Gasteiger partial charge in [0.15, 0.2) is 0 Å². The highest BCUT2D eigenvalue weighted by Gasteiger charge is 1.84. The average molecular weight is 156 g/mol. The van der Waals surface area contributed by atoms with Gasteiger partial charge in [0.2, 0.25) is 0 Å². The van der Waals surface area contributed by atoms with Crippen LogP contribution in [0.5, 0.6) is 0 Å². The van der Waals surface area contributed by atoms with Crippen LogP contribution >= 0.6 is 0 Å². The van der Waals surface area contributed by atoms with Crippen LogP contribution in [0.4, 0.5) is 0 Å². The van der Waals surface area contributed by atoms with Crippen molar-refractivity contribution in [3.63, 3.8) is 0 Å². The summed E-state index contributed by atoms with van der Waals surface area (Å²) in [6.07, 6.45) is 0. The monoisotopic (exact) mass is 156 g/mol. The molecule has 0 rings (SSSR count). The summed E-state index contributed by atoms with van der Waals surface area (Å²) in [6.45, 7) is 0. The van der Waals surface area contributed by atoms with Crippen LogP contribution in [0.2, 0.25) is 0 Å². The van der Waals surface area contributed by atoms with Crippen molar-refractivity contribution in [1.82, 2.24) is 0 Å². The van der Waals surface area contributed by atoms with Crippen molar-refractivity contribution < 1.29 is 17.5 Å². The Morgan fingerprint density at radius 2 is 1.12 bits per heavy atom. The third-order valence-electron chi connectivity index (χ3n) is 0. The van der Waals surface area contributed by atoms with Gasteiger partial charge in [0, 0.05) is 0 Å². The van der Waals surface area contributed by atoms with E-state index in [0.717, 1.165) is 0 Å². The van der Waals surface area contributed by atoms with Crippen molar-refractivity contribution in [3.8, 4) is 0 Å². The number of rotatable bonds is 0. The second-order valence-corrected chi connectivity index (χ2v) is 1.34. The van der Waals surface area contributed by atoms with Crippen LogP contribution in [0.3, 0.4) is 0 Å². The first-order valence-corrected chi connectivity index (χ1v) is 2.43. The molecular weight excluding hydrogens is 148 g/mol. The molecule has 6 N–H and O–H groups in total. The van der Waals surface area contributed by atoms with E-state index in [9.17, 15) is 0 Å². The summed E-state index contributed by atoms with van der Waals surface area (Å²) in [5, 5.41) is 0. The van der Waals surface area contributed by atoms with Gasteiger partial charge in [0.1, 0.15) is 0 Å². The Bertz CT molecular complexity index is 97.2. The van der Waals surface area contributed by atoms with Crippen molar-refractivity contribution >= 4 is 33.5 Å². The smallest absolute Gasteiger partial charge is 0.274 e. The highest BCUT2D eigenvalue weighted by molar-refractivity contribution is 7.79. The number of nitrogens with two attached hydrogens (primary N) is 2. The molecule has 0 unspecified atom stereocenters. The Morgan fingerprint density at radius 1 is 1.12 bits per heavy atom. The molecule has 6 nitrogen and oxygen atoms in total. The first kappa shape index (κ1) is 15.8. The predicted molar refractivity (Wildman–Crippen MR) is 31.1 cm³/mol. The van der Waals surface area contributed by atoms with Gasteiger partial charge in [-0.1, -0.05) is 0 Å². The van der Waals surface area contributed by atoms with Crippen LogP contribution in [0.25, 0.3) is 0 Å². The molecule has 0 amide bonds. The molecule has 0 aromatic heterocycles. The van der Waals surface area contributed by atoms with E-state index in [1.165, 1.54) is 0 Å². The van der Waals surface area contributed by atoms with E-state index < -0.39 is 10.4 Å². The molecule has 0 saturated heterocycles. The summed E-state index contributed by atoms with van der Waals surface area (Å²) in [4.78, 5) is 0. The molecule has 0 aliphatic rings. The Morgan fingerprint density at radius 3 is 1.12 bits per heavy atom. The third-order valence-corrected chi connectivity index (χ3v) is 0. The maximum atomic E-state index is 8.74. The van der Waals surface area contributed by atoms with Crippen LogP contribution < -0.4 is 11.7 Å². The maximum absolute atomic E-state index is 8.74. The zero-order valence-electron chi connectivity index (χ0n) is 3.27. The van der Waals surface area contributed by atoms with Crippen molar-refractivity contribution in [2.24, 2.45) is 11.7 Å². The van der Waals surface area contributed by atoms with Crippen LogP contribution in [-0.2, 0) is 10.4 Å². The zero-order chi connectivity index (χ0) is 6.50. The van der Waals surface area contributed by atoms with Crippen molar-refractivity contribution in [1.29, 1.82) is 0 Å². The molecule has 0 fully saturated rings. The summed E-state index contributed by atoms with van der Waals surface area (Å²) in [5.41, 5.74) is 0. The molecule has 0 aromatic carbocycles. The lowest BCUT2D eigenvalue weighted by atomic mass is 13.0. The summed E-state index contributed by atoms with van der Waals surface area (Å²) in [7, 11) is -4.67. The number of hydrogen-bond donors (Lipinski definition) is 4. The lowest BCUT2D eigenvalue weighted by Gasteiger charge is -1.68. The van der Waals surface area contributed by atoms with Crippen molar-refractivity contribution in [3.05, 3.63) is 0 Å². The summed E-state index contributed by atoms with van der Waals surface area (Å²) < 4.78 is 31.6. The average Bonchev–Trinajstić information content (AvgIpc) is 1.36. The van der Waals surface area contributed by atoms with E-state index in [1.54, 1.807) is 0 Å². The molecule has 8 heteroatoms. The van der Waals surface area contributed by atoms with Gasteiger partial charge in [0.25, 0.3) is 0 Å². The second kappa shape index (κ2) is 7.56. The molecule has 0 spiro atoms. The minimum atomic E-state index is -4.67. The molecule has 0 bridgehead atoms. The lowest BCUT2D eigenvalue weighted by Crippen LogP contribution is -2.02. The molecule has 50 valence electrons. The van der Waals surface area contributed by atoms with Gasteiger partial charge >= 0.3 is 33.5 Å². The van der Waals surface area contributed by atoms with Crippen LogP contribution in [0.1, 0.15) is 0 Å². The molecule has 0 radical (unpaired) electrons. The van der Waals surface area contributed by atoms with E-state index in [1.807, 2.05) is 0 Å². The Kier molecular flexibility index (Phi) is 14.9. The van der Waals surface area contributed by atoms with Gasteiger partial charge in [-0.25, -0.2) is 0 Å². The van der Waals surface area contributed by atoms with Crippen LogP contribution in [-0.4, -0.2) is 40.6 Å². The van der Waals surface area contributed by atoms with Crippen molar-refractivity contribution in [2.75, 3.05) is 0 Å². The zero-order valence-corrected chi connectivity index (χ0v) is 4.09. The Labute approximate surface area is 62.9 Å². The summed E-state index contributed by atoms with van der Waals surface area (Å²) >= 11 is 0. The standard InChI is InChI=1S/Mg.H4N2.H2O4S.2H/c;1-2;1-5(2,3)4;;/h;1-2H2;(H2,1,2,3,4);;. The number of hydrogen-bond acceptors (Lipinski definition) is 4. The third kappa shape index (κ3) is 654. The van der Waals surface area contributed by atoms with E-state index in [2.05, 4.69) is 11.7 Å². The van der Waals surface area contributed by atoms with E-state index in [0.29, 0.717) is 0 Å².